The summed E-state index contributed by atoms with van der Waals surface area (Å²) < 4.78 is 69.0. The van der Waals surface area contributed by atoms with Crippen LogP contribution < -0.4 is 9.08 Å². The van der Waals surface area contributed by atoms with Crippen molar-refractivity contribution in [1.29, 1.82) is 0 Å². The summed E-state index contributed by atoms with van der Waals surface area (Å²) in [5.41, 5.74) is -4.83. The highest BCUT2D eigenvalue weighted by atomic mass is 127. The Labute approximate surface area is 133 Å². The third kappa shape index (κ3) is 3.72. The first kappa shape index (κ1) is 16.6. The number of morpholine rings is 1. The normalized spacial score (nSPS) is 16.9. The molecule has 1 heterocycles. The van der Waals surface area contributed by atoms with E-state index in [1.165, 1.54) is 12.1 Å². The van der Waals surface area contributed by atoms with E-state index in [9.17, 15) is 21.6 Å². The van der Waals surface area contributed by atoms with Gasteiger partial charge in [-0.3, -0.25) is 0 Å². The molecule has 5 nitrogen and oxygen atoms in total. The van der Waals surface area contributed by atoms with Gasteiger partial charge in [-0.25, -0.2) is 0 Å². The predicted octanol–water partition coefficient (Wildman–Crippen LogP) is 2.36. The summed E-state index contributed by atoms with van der Waals surface area (Å²) in [6, 6.07) is 4.34. The Balaban J connectivity index is 2.30. The number of ether oxygens (including phenoxy) is 1. The van der Waals surface area contributed by atoms with Gasteiger partial charge in [-0.1, -0.05) is 6.07 Å². The average molecular weight is 437 g/mol. The zero-order valence-corrected chi connectivity index (χ0v) is 13.5. The molecule has 1 saturated heterocycles. The highest BCUT2D eigenvalue weighted by Crippen LogP contribution is 2.34. The number of rotatable bonds is 3. The van der Waals surface area contributed by atoms with Crippen molar-refractivity contribution in [2.24, 2.45) is 0 Å². The van der Waals surface area contributed by atoms with Crippen LogP contribution in [-0.4, -0.2) is 40.2 Å². The largest absolute Gasteiger partial charge is 0.534 e. The highest BCUT2D eigenvalue weighted by molar-refractivity contribution is 14.1. The van der Waals surface area contributed by atoms with Crippen LogP contribution >= 0.6 is 22.6 Å². The van der Waals surface area contributed by atoms with E-state index < -0.39 is 15.6 Å². The van der Waals surface area contributed by atoms with Crippen LogP contribution in [0.25, 0.3) is 0 Å². The smallest absolute Gasteiger partial charge is 0.378 e. The number of benzene rings is 1. The number of hydrogen-bond acceptors (Lipinski definition) is 5. The summed E-state index contributed by atoms with van der Waals surface area (Å²) in [6.45, 7) is 2.15. The molecule has 0 unspecified atom stereocenters. The van der Waals surface area contributed by atoms with Crippen LogP contribution in [0, 0.1) is 3.57 Å². The maximum atomic E-state index is 12.4. The average Bonchev–Trinajstić information content (AvgIpc) is 2.41. The van der Waals surface area contributed by atoms with Gasteiger partial charge in [0, 0.05) is 13.1 Å². The van der Waals surface area contributed by atoms with Crippen LogP contribution in [0.5, 0.6) is 5.75 Å². The van der Waals surface area contributed by atoms with Gasteiger partial charge in [0.05, 0.1) is 22.5 Å². The molecule has 2 rings (SSSR count). The fraction of sp³-hybridized carbons (Fsp3) is 0.455. The molecule has 0 aromatic heterocycles. The quantitative estimate of drug-likeness (QED) is 0.413. The monoisotopic (exact) mass is 437 g/mol. The zero-order valence-electron chi connectivity index (χ0n) is 10.6. The fourth-order valence-electron chi connectivity index (χ4n) is 1.78. The van der Waals surface area contributed by atoms with Gasteiger partial charge in [0.15, 0.2) is 5.75 Å². The van der Waals surface area contributed by atoms with Crippen LogP contribution in [-0.2, 0) is 14.9 Å². The minimum absolute atomic E-state index is 0.310. The summed E-state index contributed by atoms with van der Waals surface area (Å²) in [7, 11) is -5.67. The minimum atomic E-state index is -5.67. The molecular weight excluding hydrogens is 426 g/mol. The van der Waals surface area contributed by atoms with Crippen LogP contribution in [0.3, 0.4) is 0 Å². The Bertz CT molecular complexity index is 614. The molecule has 0 amide bonds. The molecule has 0 saturated carbocycles. The molecule has 1 fully saturated rings. The van der Waals surface area contributed by atoms with Crippen LogP contribution in [0.1, 0.15) is 0 Å². The number of nitrogens with zero attached hydrogens (tertiary/aromatic N) is 1. The van der Waals surface area contributed by atoms with Gasteiger partial charge in [0.2, 0.25) is 0 Å². The molecule has 118 valence electrons. The van der Waals surface area contributed by atoms with Gasteiger partial charge in [0.1, 0.15) is 0 Å². The van der Waals surface area contributed by atoms with Crippen molar-refractivity contribution in [1.82, 2.24) is 0 Å². The molecule has 0 N–H and O–H groups in total. The van der Waals surface area contributed by atoms with Crippen molar-refractivity contribution in [2.45, 2.75) is 5.51 Å². The van der Waals surface area contributed by atoms with Crippen LogP contribution in [0.15, 0.2) is 18.2 Å². The fourth-order valence-corrected chi connectivity index (χ4v) is 3.21. The second-order valence-corrected chi connectivity index (χ2v) is 6.79. The predicted molar refractivity (Wildman–Crippen MR) is 77.8 cm³/mol. The van der Waals surface area contributed by atoms with Crippen molar-refractivity contribution in [3.8, 4) is 5.75 Å². The summed E-state index contributed by atoms with van der Waals surface area (Å²) in [5.74, 6) is -0.336. The van der Waals surface area contributed by atoms with Gasteiger partial charge < -0.3 is 13.8 Å². The van der Waals surface area contributed by atoms with Gasteiger partial charge in [0.25, 0.3) is 0 Å². The SMILES string of the molecule is O=S(=O)(Oc1cccc(N2CCOCC2)c1I)C(F)(F)F. The first-order valence-corrected chi connectivity index (χ1v) is 8.33. The van der Waals surface area contributed by atoms with E-state index in [4.69, 9.17) is 4.74 Å². The summed E-state index contributed by atoms with van der Waals surface area (Å²) in [6.07, 6.45) is 0. The zero-order chi connectivity index (χ0) is 15.7. The van der Waals surface area contributed by atoms with E-state index >= 15 is 0 Å². The van der Waals surface area contributed by atoms with Crippen molar-refractivity contribution in [3.63, 3.8) is 0 Å². The van der Waals surface area contributed by atoms with Crippen molar-refractivity contribution in [2.75, 3.05) is 31.2 Å². The number of alkyl halides is 3. The molecule has 0 spiro atoms. The second-order valence-electron chi connectivity index (χ2n) is 4.17. The Hall–Kier alpha value is -0.750. The molecule has 0 radical (unpaired) electrons. The van der Waals surface area contributed by atoms with Crippen LogP contribution in [0.4, 0.5) is 18.9 Å². The highest BCUT2D eigenvalue weighted by Gasteiger charge is 2.48. The van der Waals surface area contributed by atoms with E-state index in [1.807, 2.05) is 4.90 Å². The number of anilines is 1. The van der Waals surface area contributed by atoms with Gasteiger partial charge in [-0.15, -0.1) is 0 Å². The standard InChI is InChI=1S/C11H11F3INO4S/c12-11(13,14)21(17,18)20-9-3-1-2-8(10(9)15)16-4-6-19-7-5-16/h1-3H,4-7H2. The van der Waals surface area contributed by atoms with Crippen molar-refractivity contribution in [3.05, 3.63) is 21.8 Å². The lowest BCUT2D eigenvalue weighted by atomic mass is 10.2. The summed E-state index contributed by atoms with van der Waals surface area (Å²) in [4.78, 5) is 1.90. The van der Waals surface area contributed by atoms with Gasteiger partial charge in [-0.05, 0) is 34.7 Å². The maximum absolute atomic E-state index is 12.4. The number of hydrogen-bond donors (Lipinski definition) is 0. The second kappa shape index (κ2) is 6.16. The molecule has 1 aliphatic rings. The molecule has 0 atom stereocenters. The van der Waals surface area contributed by atoms with E-state index in [0.717, 1.165) is 0 Å². The Kier molecular flexibility index (Phi) is 4.88. The minimum Gasteiger partial charge on any atom is -0.378 e. The number of halogens is 4. The van der Waals surface area contributed by atoms with Gasteiger partial charge in [-0.2, -0.15) is 21.6 Å². The molecule has 1 aromatic rings. The molecule has 0 aliphatic carbocycles. The molecule has 1 aromatic carbocycles. The van der Waals surface area contributed by atoms with E-state index in [1.54, 1.807) is 28.7 Å². The topological polar surface area (TPSA) is 55.8 Å². The van der Waals surface area contributed by atoms with Crippen LogP contribution in [0.2, 0.25) is 0 Å². The lowest BCUT2D eigenvalue weighted by Crippen LogP contribution is -2.36. The maximum Gasteiger partial charge on any atom is 0.534 e. The summed E-state index contributed by atoms with van der Waals surface area (Å²) >= 11 is 1.77. The van der Waals surface area contributed by atoms with Crippen molar-refractivity contribution >= 4 is 38.4 Å². The first-order valence-electron chi connectivity index (χ1n) is 5.84. The van der Waals surface area contributed by atoms with E-state index in [-0.39, 0.29) is 5.75 Å². The molecular formula is C11H11F3INO4S. The Morgan fingerprint density at radius 1 is 1.24 bits per heavy atom. The Morgan fingerprint density at radius 3 is 2.43 bits per heavy atom. The molecule has 1 aliphatic heterocycles. The van der Waals surface area contributed by atoms with Gasteiger partial charge >= 0.3 is 15.6 Å². The first-order chi connectivity index (χ1) is 9.72. The molecule has 21 heavy (non-hydrogen) atoms. The lowest BCUT2D eigenvalue weighted by Gasteiger charge is -2.30. The molecule has 0 bridgehead atoms. The Morgan fingerprint density at radius 2 is 1.86 bits per heavy atom. The summed E-state index contributed by atoms with van der Waals surface area (Å²) in [5, 5.41) is 0. The third-order valence-corrected chi connectivity index (χ3v) is 4.83. The third-order valence-electron chi connectivity index (χ3n) is 2.78. The van der Waals surface area contributed by atoms with E-state index in [2.05, 4.69) is 4.18 Å². The van der Waals surface area contributed by atoms with E-state index in [0.29, 0.717) is 35.6 Å². The lowest BCUT2D eigenvalue weighted by molar-refractivity contribution is -0.0500. The molecule has 10 heteroatoms. The van der Waals surface area contributed by atoms with Crippen molar-refractivity contribution < 1.29 is 30.5 Å².